The number of hydrogen-bond acceptors (Lipinski definition) is 3. The molecule has 2 heterocycles. The second-order valence-electron chi connectivity index (χ2n) is 5.86. The minimum absolute atomic E-state index is 0.0696. The summed E-state index contributed by atoms with van der Waals surface area (Å²) in [4.78, 5) is 0. The van der Waals surface area contributed by atoms with E-state index in [1.54, 1.807) is 0 Å². The van der Waals surface area contributed by atoms with Gasteiger partial charge in [-0.25, -0.2) is 0 Å². The normalized spacial score (nSPS) is 24.6. The van der Waals surface area contributed by atoms with Crippen LogP contribution in [0.1, 0.15) is 24.8 Å². The molecule has 4 nitrogen and oxygen atoms in total. The van der Waals surface area contributed by atoms with Crippen molar-refractivity contribution < 1.29 is 19.1 Å². The van der Waals surface area contributed by atoms with Crippen molar-refractivity contribution in [3.63, 3.8) is 0 Å². The van der Waals surface area contributed by atoms with Crippen molar-refractivity contribution in [1.29, 1.82) is 0 Å². The fourth-order valence-corrected chi connectivity index (χ4v) is 3.63. The maximum atomic E-state index is 9.95. The molecule has 2 aliphatic heterocycles. The molecular formula is C16H24NO3+. The summed E-state index contributed by atoms with van der Waals surface area (Å²) in [7, 11) is 0. The molecule has 0 aromatic heterocycles. The zero-order valence-electron chi connectivity index (χ0n) is 12.0. The van der Waals surface area contributed by atoms with E-state index in [1.807, 2.05) is 6.07 Å². The van der Waals surface area contributed by atoms with Crippen LogP contribution >= 0.6 is 0 Å². The van der Waals surface area contributed by atoms with Crippen LogP contribution in [-0.4, -0.2) is 48.4 Å². The summed E-state index contributed by atoms with van der Waals surface area (Å²) in [5.41, 5.74) is 1.28. The number of rotatable bonds is 4. The van der Waals surface area contributed by atoms with Gasteiger partial charge in [-0.05, 0) is 19.3 Å². The molecule has 110 valence electrons. The van der Waals surface area contributed by atoms with Crippen LogP contribution in [0.5, 0.6) is 0 Å². The second-order valence-corrected chi connectivity index (χ2v) is 5.86. The standard InChI is InChI=1S/C16H24NO3/c18-14-16(19-11-12-20-16)17(9-5-2-6-10-17)13-15-7-3-1-4-8-15/h1,3-4,7-8,18H,2,5-6,9-14H2/q+1. The number of hydrogen-bond donors (Lipinski definition) is 1. The molecule has 0 saturated carbocycles. The maximum absolute atomic E-state index is 9.95. The Hall–Kier alpha value is -0.940. The number of ether oxygens (including phenoxy) is 2. The van der Waals surface area contributed by atoms with Crippen molar-refractivity contribution in [1.82, 2.24) is 0 Å². The monoisotopic (exact) mass is 278 g/mol. The van der Waals surface area contributed by atoms with E-state index in [1.165, 1.54) is 24.8 Å². The molecule has 20 heavy (non-hydrogen) atoms. The fraction of sp³-hybridized carbons (Fsp3) is 0.625. The SMILES string of the molecule is OCC1([N+]2(Cc3ccccc3)CCCCC2)OCCO1. The van der Waals surface area contributed by atoms with Gasteiger partial charge in [-0.3, -0.25) is 14.0 Å². The summed E-state index contributed by atoms with van der Waals surface area (Å²) < 4.78 is 12.5. The zero-order valence-corrected chi connectivity index (χ0v) is 12.0. The Labute approximate surface area is 120 Å². The number of nitrogens with zero attached hydrogens (tertiary/aromatic N) is 1. The molecule has 0 aliphatic carbocycles. The van der Waals surface area contributed by atoms with Crippen LogP contribution < -0.4 is 0 Å². The molecule has 0 unspecified atom stereocenters. The van der Waals surface area contributed by atoms with Crippen LogP contribution in [0.25, 0.3) is 0 Å². The van der Waals surface area contributed by atoms with E-state index in [0.29, 0.717) is 17.7 Å². The third-order valence-electron chi connectivity index (χ3n) is 4.66. The first-order chi connectivity index (χ1) is 9.80. The molecule has 0 radical (unpaired) electrons. The van der Waals surface area contributed by atoms with Gasteiger partial charge in [0.05, 0.1) is 26.3 Å². The van der Waals surface area contributed by atoms with Gasteiger partial charge in [0.2, 0.25) is 0 Å². The van der Waals surface area contributed by atoms with Crippen molar-refractivity contribution in [2.24, 2.45) is 0 Å². The molecule has 2 aliphatic rings. The first-order valence-electron chi connectivity index (χ1n) is 7.59. The van der Waals surface area contributed by atoms with Crippen LogP contribution in [0.4, 0.5) is 0 Å². The molecule has 0 bridgehead atoms. The quantitative estimate of drug-likeness (QED) is 0.855. The van der Waals surface area contributed by atoms with Gasteiger partial charge >= 0.3 is 5.91 Å². The van der Waals surface area contributed by atoms with E-state index >= 15 is 0 Å². The third kappa shape index (κ3) is 2.37. The van der Waals surface area contributed by atoms with Gasteiger partial charge in [-0.15, -0.1) is 0 Å². The molecule has 1 N–H and O–H groups in total. The molecule has 0 atom stereocenters. The van der Waals surface area contributed by atoms with Crippen LogP contribution in [0.3, 0.4) is 0 Å². The van der Waals surface area contributed by atoms with Crippen molar-refractivity contribution in [3.05, 3.63) is 35.9 Å². The lowest BCUT2D eigenvalue weighted by Crippen LogP contribution is -2.68. The molecule has 1 aromatic rings. The van der Waals surface area contributed by atoms with E-state index in [-0.39, 0.29) is 6.61 Å². The average Bonchev–Trinajstić information content (AvgIpc) is 3.00. The highest BCUT2D eigenvalue weighted by molar-refractivity contribution is 5.13. The van der Waals surface area contributed by atoms with E-state index in [4.69, 9.17) is 9.47 Å². The lowest BCUT2D eigenvalue weighted by atomic mass is 10.0. The van der Waals surface area contributed by atoms with Gasteiger partial charge in [-0.2, -0.15) is 0 Å². The lowest BCUT2D eigenvalue weighted by molar-refractivity contribution is -1.04. The minimum Gasteiger partial charge on any atom is -0.384 e. The summed E-state index contributed by atoms with van der Waals surface area (Å²) in [6, 6.07) is 10.5. The Morgan fingerprint density at radius 1 is 1.00 bits per heavy atom. The molecule has 2 fully saturated rings. The number of benzene rings is 1. The smallest absolute Gasteiger partial charge is 0.343 e. The van der Waals surface area contributed by atoms with Gasteiger partial charge < -0.3 is 5.11 Å². The average molecular weight is 278 g/mol. The van der Waals surface area contributed by atoms with Crippen LogP contribution in [0.15, 0.2) is 30.3 Å². The Bertz CT molecular complexity index is 423. The number of quaternary nitrogens is 1. The summed E-state index contributed by atoms with van der Waals surface area (Å²) in [6.45, 7) is 3.97. The minimum atomic E-state index is -0.851. The Morgan fingerprint density at radius 3 is 2.25 bits per heavy atom. The molecular weight excluding hydrogens is 254 g/mol. The zero-order chi connectivity index (χ0) is 13.9. The van der Waals surface area contributed by atoms with E-state index < -0.39 is 5.91 Å². The molecule has 4 heteroatoms. The predicted molar refractivity (Wildman–Crippen MR) is 75.7 cm³/mol. The Kier molecular flexibility index (Phi) is 4.08. The highest BCUT2D eigenvalue weighted by Crippen LogP contribution is 2.37. The number of aliphatic hydroxyl groups is 1. The topological polar surface area (TPSA) is 38.7 Å². The van der Waals surface area contributed by atoms with E-state index in [2.05, 4.69) is 24.3 Å². The third-order valence-corrected chi connectivity index (χ3v) is 4.66. The largest absolute Gasteiger partial charge is 0.384 e. The van der Waals surface area contributed by atoms with Crippen LogP contribution in [-0.2, 0) is 16.0 Å². The molecule has 3 rings (SSSR count). The van der Waals surface area contributed by atoms with Crippen molar-refractivity contribution in [2.45, 2.75) is 31.7 Å². The van der Waals surface area contributed by atoms with E-state index in [0.717, 1.165) is 19.6 Å². The van der Waals surface area contributed by atoms with Crippen molar-refractivity contribution in [2.75, 3.05) is 32.9 Å². The number of aliphatic hydroxyl groups excluding tert-OH is 1. The lowest BCUT2D eigenvalue weighted by Gasteiger charge is -2.50. The molecule has 1 aromatic carbocycles. The van der Waals surface area contributed by atoms with Gasteiger partial charge in [0.1, 0.15) is 6.54 Å². The number of piperidine rings is 1. The van der Waals surface area contributed by atoms with Gasteiger partial charge in [0, 0.05) is 5.56 Å². The van der Waals surface area contributed by atoms with Crippen molar-refractivity contribution >= 4 is 0 Å². The molecule has 2 saturated heterocycles. The van der Waals surface area contributed by atoms with Crippen LogP contribution in [0, 0.1) is 0 Å². The van der Waals surface area contributed by atoms with E-state index in [9.17, 15) is 5.11 Å². The van der Waals surface area contributed by atoms with Gasteiger partial charge in [0.25, 0.3) is 0 Å². The molecule has 0 amide bonds. The summed E-state index contributed by atoms with van der Waals surface area (Å²) in [6.07, 6.45) is 3.60. The highest BCUT2D eigenvalue weighted by atomic mass is 16.8. The Morgan fingerprint density at radius 2 is 1.65 bits per heavy atom. The predicted octanol–water partition coefficient (Wildman–Crippen LogP) is 1.88. The first-order valence-corrected chi connectivity index (χ1v) is 7.59. The second kappa shape index (κ2) is 5.82. The highest BCUT2D eigenvalue weighted by Gasteiger charge is 2.56. The summed E-state index contributed by atoms with van der Waals surface area (Å²) >= 11 is 0. The first kappa shape index (κ1) is 14.0. The summed E-state index contributed by atoms with van der Waals surface area (Å²) in [5.74, 6) is -0.851. The Balaban J connectivity index is 1.91. The fourth-order valence-electron chi connectivity index (χ4n) is 3.63. The number of likely N-dealkylation sites (tertiary alicyclic amines) is 1. The molecule has 0 spiro atoms. The van der Waals surface area contributed by atoms with Crippen molar-refractivity contribution in [3.8, 4) is 0 Å². The summed E-state index contributed by atoms with van der Waals surface area (Å²) in [5, 5.41) is 9.95. The maximum Gasteiger partial charge on any atom is 0.343 e. The van der Waals surface area contributed by atoms with Gasteiger partial charge in [-0.1, -0.05) is 30.3 Å². The van der Waals surface area contributed by atoms with Gasteiger partial charge in [0.15, 0.2) is 6.61 Å². The van der Waals surface area contributed by atoms with Crippen LogP contribution in [0.2, 0.25) is 0 Å².